The van der Waals surface area contributed by atoms with Crippen molar-refractivity contribution in [3.05, 3.63) is 34.3 Å². The summed E-state index contributed by atoms with van der Waals surface area (Å²) in [6.07, 6.45) is 0.688. The molecule has 0 bridgehead atoms. The first-order chi connectivity index (χ1) is 7.63. The van der Waals surface area contributed by atoms with Gasteiger partial charge in [0.25, 0.3) is 0 Å². The molecule has 0 N–H and O–H groups in total. The predicted molar refractivity (Wildman–Crippen MR) is 59.6 cm³/mol. The number of carbonyl (C=O) groups excluding carboxylic acids is 2. The molecule has 0 amide bonds. The van der Waals surface area contributed by atoms with E-state index in [1.807, 2.05) is 0 Å². The molecule has 2 rings (SSSR count). The Morgan fingerprint density at radius 1 is 1.44 bits per heavy atom. The van der Waals surface area contributed by atoms with E-state index in [0.29, 0.717) is 17.0 Å². The van der Waals surface area contributed by atoms with Crippen LogP contribution >= 0.6 is 11.6 Å². The van der Waals surface area contributed by atoms with E-state index >= 15 is 0 Å². The normalized spacial score (nSPS) is 19.1. The maximum Gasteiger partial charge on any atom is 0.309 e. The summed E-state index contributed by atoms with van der Waals surface area (Å²) < 4.78 is 4.66. The first-order valence-corrected chi connectivity index (χ1v) is 5.39. The lowest BCUT2D eigenvalue weighted by atomic mass is 9.83. The fraction of sp³-hybridized carbons (Fsp3) is 0.333. The van der Waals surface area contributed by atoms with E-state index in [1.54, 1.807) is 18.2 Å². The van der Waals surface area contributed by atoms with Crippen molar-refractivity contribution in [2.75, 3.05) is 7.11 Å². The SMILES string of the molecule is COC(=O)C1CC(=O)c2cccc(Cl)c2C1. The van der Waals surface area contributed by atoms with Gasteiger partial charge >= 0.3 is 5.97 Å². The number of carbonyl (C=O) groups is 2. The van der Waals surface area contributed by atoms with Gasteiger partial charge in [0.15, 0.2) is 5.78 Å². The van der Waals surface area contributed by atoms with E-state index < -0.39 is 5.92 Å². The topological polar surface area (TPSA) is 43.4 Å². The van der Waals surface area contributed by atoms with E-state index in [1.165, 1.54) is 7.11 Å². The maximum absolute atomic E-state index is 11.8. The highest BCUT2D eigenvalue weighted by atomic mass is 35.5. The molecule has 1 atom stereocenters. The Hall–Kier alpha value is -1.35. The molecule has 1 aliphatic rings. The molecule has 1 aromatic carbocycles. The summed E-state index contributed by atoms with van der Waals surface area (Å²) in [7, 11) is 1.33. The monoisotopic (exact) mass is 238 g/mol. The average Bonchev–Trinajstić information content (AvgIpc) is 2.29. The molecule has 0 aliphatic heterocycles. The molecule has 84 valence electrons. The standard InChI is InChI=1S/C12H11ClO3/c1-16-12(15)7-5-9-8(11(14)6-7)3-2-4-10(9)13/h2-4,7H,5-6H2,1H3. The number of ether oxygens (including phenoxy) is 1. The van der Waals surface area contributed by atoms with Crippen molar-refractivity contribution in [2.45, 2.75) is 12.8 Å². The third kappa shape index (κ3) is 1.83. The fourth-order valence-electron chi connectivity index (χ4n) is 2.01. The minimum Gasteiger partial charge on any atom is -0.469 e. The van der Waals surface area contributed by atoms with E-state index in [9.17, 15) is 9.59 Å². The molecule has 1 aliphatic carbocycles. The van der Waals surface area contributed by atoms with Crippen LogP contribution in [0.2, 0.25) is 5.02 Å². The molecule has 3 nitrogen and oxygen atoms in total. The zero-order valence-corrected chi connectivity index (χ0v) is 9.58. The van der Waals surface area contributed by atoms with Crippen LogP contribution in [0.3, 0.4) is 0 Å². The Morgan fingerprint density at radius 3 is 2.88 bits per heavy atom. The van der Waals surface area contributed by atoms with Crippen molar-refractivity contribution >= 4 is 23.4 Å². The Bertz CT molecular complexity index is 454. The van der Waals surface area contributed by atoms with Crippen LogP contribution in [0.1, 0.15) is 22.3 Å². The molecular weight excluding hydrogens is 228 g/mol. The van der Waals surface area contributed by atoms with Gasteiger partial charge in [-0.2, -0.15) is 0 Å². The second-order valence-corrected chi connectivity index (χ2v) is 4.22. The highest BCUT2D eigenvalue weighted by molar-refractivity contribution is 6.32. The van der Waals surface area contributed by atoms with Gasteiger partial charge in [-0.15, -0.1) is 0 Å². The number of hydrogen-bond acceptors (Lipinski definition) is 3. The zero-order valence-electron chi connectivity index (χ0n) is 8.83. The largest absolute Gasteiger partial charge is 0.469 e. The maximum atomic E-state index is 11.8. The molecule has 1 unspecified atom stereocenters. The van der Waals surface area contributed by atoms with Crippen LogP contribution in [0.4, 0.5) is 0 Å². The number of halogens is 1. The number of hydrogen-bond donors (Lipinski definition) is 0. The van der Waals surface area contributed by atoms with Crippen LogP contribution in [-0.4, -0.2) is 18.9 Å². The van der Waals surface area contributed by atoms with E-state index in [0.717, 1.165) is 5.56 Å². The first-order valence-electron chi connectivity index (χ1n) is 5.02. The number of benzene rings is 1. The lowest BCUT2D eigenvalue weighted by Gasteiger charge is -2.22. The minimum atomic E-state index is -0.398. The predicted octanol–water partition coefficient (Wildman–Crippen LogP) is 2.26. The lowest BCUT2D eigenvalue weighted by molar-refractivity contribution is -0.145. The van der Waals surface area contributed by atoms with Gasteiger partial charge in [-0.05, 0) is 18.1 Å². The van der Waals surface area contributed by atoms with Gasteiger partial charge in [-0.25, -0.2) is 0 Å². The number of Topliss-reactive ketones (excluding diaryl/α,β-unsaturated/α-hetero) is 1. The Morgan fingerprint density at radius 2 is 2.19 bits per heavy atom. The Balaban J connectivity index is 2.39. The minimum absolute atomic E-state index is 0.0425. The number of ketones is 1. The van der Waals surface area contributed by atoms with Gasteiger partial charge in [0.1, 0.15) is 0 Å². The summed E-state index contributed by atoms with van der Waals surface area (Å²) in [4.78, 5) is 23.2. The van der Waals surface area contributed by atoms with Crippen molar-refractivity contribution in [3.63, 3.8) is 0 Å². The van der Waals surface area contributed by atoms with Gasteiger partial charge in [0.05, 0.1) is 13.0 Å². The van der Waals surface area contributed by atoms with Crippen LogP contribution in [0.15, 0.2) is 18.2 Å². The van der Waals surface area contributed by atoms with Crippen LogP contribution in [0.5, 0.6) is 0 Å². The molecule has 0 fully saturated rings. The summed E-state index contributed by atoms with van der Waals surface area (Å²) in [6.45, 7) is 0. The molecule has 0 heterocycles. The summed E-state index contributed by atoms with van der Waals surface area (Å²) in [5, 5.41) is 0.541. The average molecular weight is 239 g/mol. The Labute approximate surface area is 98.4 Å². The molecule has 0 saturated carbocycles. The zero-order chi connectivity index (χ0) is 11.7. The summed E-state index contributed by atoms with van der Waals surface area (Å²) in [5.74, 6) is -0.789. The molecule has 0 aromatic heterocycles. The first kappa shape index (κ1) is 11.1. The third-order valence-electron chi connectivity index (χ3n) is 2.84. The smallest absolute Gasteiger partial charge is 0.309 e. The van der Waals surface area contributed by atoms with Crippen molar-refractivity contribution in [3.8, 4) is 0 Å². The van der Waals surface area contributed by atoms with Gasteiger partial charge < -0.3 is 4.74 Å². The molecule has 0 radical (unpaired) electrons. The molecule has 1 aromatic rings. The summed E-state index contributed by atoms with van der Waals surface area (Å²) in [6, 6.07) is 5.22. The van der Waals surface area contributed by atoms with E-state index in [-0.39, 0.29) is 18.2 Å². The number of methoxy groups -OCH3 is 1. The summed E-state index contributed by atoms with van der Waals surface area (Å²) in [5.41, 5.74) is 1.39. The van der Waals surface area contributed by atoms with Gasteiger partial charge in [0.2, 0.25) is 0 Å². The van der Waals surface area contributed by atoms with Gasteiger partial charge in [0, 0.05) is 17.0 Å². The number of fused-ring (bicyclic) bond motifs is 1. The molecular formula is C12H11ClO3. The highest BCUT2D eigenvalue weighted by Crippen LogP contribution is 2.31. The molecule has 0 spiro atoms. The number of rotatable bonds is 1. The van der Waals surface area contributed by atoms with Crippen molar-refractivity contribution in [1.82, 2.24) is 0 Å². The van der Waals surface area contributed by atoms with Crippen molar-refractivity contribution in [1.29, 1.82) is 0 Å². The quantitative estimate of drug-likeness (QED) is 0.705. The molecule has 16 heavy (non-hydrogen) atoms. The van der Waals surface area contributed by atoms with Gasteiger partial charge in [-0.3, -0.25) is 9.59 Å². The molecule has 0 saturated heterocycles. The van der Waals surface area contributed by atoms with Crippen LogP contribution < -0.4 is 0 Å². The van der Waals surface area contributed by atoms with E-state index in [2.05, 4.69) is 4.74 Å². The number of esters is 1. The highest BCUT2D eigenvalue weighted by Gasteiger charge is 2.31. The van der Waals surface area contributed by atoms with Crippen molar-refractivity contribution in [2.24, 2.45) is 5.92 Å². The van der Waals surface area contributed by atoms with Crippen molar-refractivity contribution < 1.29 is 14.3 Å². The Kier molecular flexibility index (Phi) is 2.97. The second-order valence-electron chi connectivity index (χ2n) is 3.82. The van der Waals surface area contributed by atoms with Crippen LogP contribution in [0, 0.1) is 5.92 Å². The van der Waals surface area contributed by atoms with E-state index in [4.69, 9.17) is 11.6 Å². The van der Waals surface area contributed by atoms with Gasteiger partial charge in [-0.1, -0.05) is 23.7 Å². The molecule has 4 heteroatoms. The lowest BCUT2D eigenvalue weighted by Crippen LogP contribution is -2.27. The fourth-order valence-corrected chi connectivity index (χ4v) is 2.26. The second kappa shape index (κ2) is 4.26. The summed E-state index contributed by atoms with van der Waals surface area (Å²) >= 11 is 6.02. The third-order valence-corrected chi connectivity index (χ3v) is 3.19. The van der Waals surface area contributed by atoms with Crippen LogP contribution in [-0.2, 0) is 16.0 Å². The van der Waals surface area contributed by atoms with Crippen LogP contribution in [0.25, 0.3) is 0 Å².